The number of aliphatic carboxylic acids is 1. The maximum Gasteiger partial charge on any atom is 0.326 e. The van der Waals surface area contributed by atoms with Gasteiger partial charge in [0, 0.05) is 19.1 Å². The minimum Gasteiger partial charge on any atom is -0.480 e. The minimum atomic E-state index is -1.10. The Morgan fingerprint density at radius 3 is 2.65 bits per heavy atom. The highest BCUT2D eigenvalue weighted by Gasteiger charge is 2.35. The molecule has 2 rings (SSSR count). The van der Waals surface area contributed by atoms with Gasteiger partial charge in [0.25, 0.3) is 0 Å². The summed E-state index contributed by atoms with van der Waals surface area (Å²) in [4.78, 5) is 23.1. The molecular formula is C14H24N2O4. The quantitative estimate of drug-likeness (QED) is 0.580. The van der Waals surface area contributed by atoms with Gasteiger partial charge in [-0.2, -0.15) is 0 Å². The molecule has 0 aromatic carbocycles. The summed E-state index contributed by atoms with van der Waals surface area (Å²) in [5, 5.41) is 23.7. The number of hydrogen-bond donors (Lipinski definition) is 4. The van der Waals surface area contributed by atoms with Crippen LogP contribution in [0.1, 0.15) is 44.9 Å². The predicted molar refractivity (Wildman–Crippen MR) is 73.2 cm³/mol. The molecule has 0 spiro atoms. The third kappa shape index (κ3) is 3.70. The van der Waals surface area contributed by atoms with Gasteiger partial charge in [-0.1, -0.05) is 12.8 Å². The number of aliphatic hydroxyl groups excluding tert-OH is 1. The molecule has 0 aromatic heterocycles. The number of carbonyl (C=O) groups is 2. The Bertz CT molecular complexity index is 361. The topological polar surface area (TPSA) is 98.7 Å². The van der Waals surface area contributed by atoms with E-state index in [1.807, 2.05) is 0 Å². The zero-order valence-corrected chi connectivity index (χ0v) is 11.7. The predicted octanol–water partition coefficient (Wildman–Crippen LogP) is 0.249. The van der Waals surface area contributed by atoms with Crippen molar-refractivity contribution in [3.63, 3.8) is 0 Å². The van der Waals surface area contributed by atoms with Crippen molar-refractivity contribution >= 4 is 11.9 Å². The Labute approximate surface area is 118 Å². The number of carboxylic acid groups (broad SMARTS) is 1. The summed E-state index contributed by atoms with van der Waals surface area (Å²) in [6, 6.07) is -0.900. The van der Waals surface area contributed by atoms with Crippen LogP contribution in [0.15, 0.2) is 0 Å². The van der Waals surface area contributed by atoms with Crippen LogP contribution in [0.3, 0.4) is 0 Å². The van der Waals surface area contributed by atoms with E-state index < -0.39 is 12.0 Å². The highest BCUT2D eigenvalue weighted by Crippen LogP contribution is 2.32. The summed E-state index contributed by atoms with van der Waals surface area (Å²) in [5.74, 6) is -0.686. The molecule has 2 aliphatic rings. The maximum absolute atomic E-state index is 12.1. The van der Waals surface area contributed by atoms with Crippen molar-refractivity contribution in [1.29, 1.82) is 0 Å². The van der Waals surface area contributed by atoms with Crippen LogP contribution >= 0.6 is 0 Å². The molecule has 1 amide bonds. The standard InChI is InChI=1S/C14H24N2O4/c17-8-7-12(14(19)20)16-13(18)11-6-5-9-3-1-2-4-10(9)15-11/h9-12,15,17H,1-8H2,(H,16,18)(H,19,20). The van der Waals surface area contributed by atoms with Gasteiger partial charge in [0.15, 0.2) is 0 Å². The first-order chi connectivity index (χ1) is 9.61. The van der Waals surface area contributed by atoms with E-state index in [1.165, 1.54) is 19.3 Å². The van der Waals surface area contributed by atoms with E-state index in [4.69, 9.17) is 10.2 Å². The van der Waals surface area contributed by atoms with E-state index in [9.17, 15) is 9.59 Å². The molecular weight excluding hydrogens is 260 g/mol. The van der Waals surface area contributed by atoms with Gasteiger partial charge >= 0.3 is 5.97 Å². The van der Waals surface area contributed by atoms with Crippen molar-refractivity contribution in [2.75, 3.05) is 6.61 Å². The number of piperidine rings is 1. The molecule has 0 radical (unpaired) electrons. The molecule has 114 valence electrons. The van der Waals surface area contributed by atoms with Crippen LogP contribution in [0.25, 0.3) is 0 Å². The molecule has 0 bridgehead atoms. The smallest absolute Gasteiger partial charge is 0.326 e. The lowest BCUT2D eigenvalue weighted by molar-refractivity contribution is -0.142. The molecule has 4 N–H and O–H groups in total. The molecule has 1 aliphatic carbocycles. The summed E-state index contributed by atoms with van der Waals surface area (Å²) in [7, 11) is 0. The Kier molecular flexibility index (Phi) is 5.37. The average molecular weight is 284 g/mol. The van der Waals surface area contributed by atoms with Crippen molar-refractivity contribution in [1.82, 2.24) is 10.6 Å². The van der Waals surface area contributed by atoms with Crippen molar-refractivity contribution in [2.45, 2.75) is 63.1 Å². The van der Waals surface area contributed by atoms with Crippen molar-refractivity contribution in [2.24, 2.45) is 5.92 Å². The fraction of sp³-hybridized carbons (Fsp3) is 0.857. The van der Waals surface area contributed by atoms with Gasteiger partial charge in [-0.3, -0.25) is 4.79 Å². The van der Waals surface area contributed by atoms with E-state index in [-0.39, 0.29) is 25.0 Å². The van der Waals surface area contributed by atoms with Gasteiger partial charge in [-0.15, -0.1) is 0 Å². The Balaban J connectivity index is 1.87. The van der Waals surface area contributed by atoms with Gasteiger partial charge in [-0.05, 0) is 31.6 Å². The number of fused-ring (bicyclic) bond motifs is 1. The van der Waals surface area contributed by atoms with Crippen LogP contribution < -0.4 is 10.6 Å². The Morgan fingerprint density at radius 1 is 1.20 bits per heavy atom. The first-order valence-electron chi connectivity index (χ1n) is 7.52. The summed E-state index contributed by atoms with van der Waals surface area (Å²) >= 11 is 0. The minimum absolute atomic E-state index is 0.0415. The molecule has 20 heavy (non-hydrogen) atoms. The van der Waals surface area contributed by atoms with Crippen molar-refractivity contribution < 1.29 is 19.8 Å². The van der Waals surface area contributed by atoms with Crippen LogP contribution in [0.4, 0.5) is 0 Å². The Morgan fingerprint density at radius 2 is 1.95 bits per heavy atom. The number of aliphatic hydroxyl groups is 1. The molecule has 6 nitrogen and oxygen atoms in total. The monoisotopic (exact) mass is 284 g/mol. The van der Waals surface area contributed by atoms with Gasteiger partial charge in [0.05, 0.1) is 6.04 Å². The number of nitrogens with one attached hydrogen (secondary N) is 2. The zero-order valence-electron chi connectivity index (χ0n) is 11.7. The van der Waals surface area contributed by atoms with Crippen molar-refractivity contribution in [3.8, 4) is 0 Å². The molecule has 0 aromatic rings. The maximum atomic E-state index is 12.1. The lowest BCUT2D eigenvalue weighted by atomic mass is 9.77. The van der Waals surface area contributed by atoms with Gasteiger partial charge in [0.2, 0.25) is 5.91 Å². The van der Waals surface area contributed by atoms with Gasteiger partial charge in [0.1, 0.15) is 6.04 Å². The number of hydrogen-bond acceptors (Lipinski definition) is 4. The third-order valence-electron chi connectivity index (χ3n) is 4.50. The zero-order chi connectivity index (χ0) is 14.5. The molecule has 1 aliphatic heterocycles. The van der Waals surface area contributed by atoms with E-state index in [2.05, 4.69) is 10.6 Å². The van der Waals surface area contributed by atoms with Gasteiger partial charge in [-0.25, -0.2) is 4.79 Å². The second kappa shape index (κ2) is 7.04. The Hall–Kier alpha value is -1.14. The third-order valence-corrected chi connectivity index (χ3v) is 4.50. The van der Waals surface area contributed by atoms with Crippen LogP contribution in [0.2, 0.25) is 0 Å². The molecule has 2 fully saturated rings. The second-order valence-electron chi connectivity index (χ2n) is 5.86. The number of amides is 1. The van der Waals surface area contributed by atoms with Crippen LogP contribution in [-0.4, -0.2) is 46.8 Å². The highest BCUT2D eigenvalue weighted by molar-refractivity contribution is 5.87. The van der Waals surface area contributed by atoms with Crippen LogP contribution in [0, 0.1) is 5.92 Å². The van der Waals surface area contributed by atoms with E-state index >= 15 is 0 Å². The van der Waals surface area contributed by atoms with Crippen LogP contribution in [0.5, 0.6) is 0 Å². The van der Waals surface area contributed by atoms with Crippen LogP contribution in [-0.2, 0) is 9.59 Å². The average Bonchev–Trinajstić information content (AvgIpc) is 2.46. The molecule has 4 unspecified atom stereocenters. The fourth-order valence-electron chi connectivity index (χ4n) is 3.36. The molecule has 1 heterocycles. The summed E-state index contributed by atoms with van der Waals surface area (Å²) in [5.41, 5.74) is 0. The summed E-state index contributed by atoms with van der Waals surface area (Å²) in [6.07, 6.45) is 6.65. The molecule has 6 heteroatoms. The lowest BCUT2D eigenvalue weighted by Crippen LogP contribution is -2.57. The number of rotatable bonds is 5. The molecule has 1 saturated carbocycles. The van der Waals surface area contributed by atoms with E-state index in [0.29, 0.717) is 12.0 Å². The lowest BCUT2D eigenvalue weighted by Gasteiger charge is -2.40. The normalized spacial score (nSPS) is 31.1. The summed E-state index contributed by atoms with van der Waals surface area (Å²) in [6.45, 7) is -0.250. The van der Waals surface area contributed by atoms with Crippen molar-refractivity contribution in [3.05, 3.63) is 0 Å². The second-order valence-corrected chi connectivity index (χ2v) is 5.86. The highest BCUT2D eigenvalue weighted by atomic mass is 16.4. The fourth-order valence-corrected chi connectivity index (χ4v) is 3.36. The first kappa shape index (κ1) is 15.3. The van der Waals surface area contributed by atoms with E-state index in [1.54, 1.807) is 0 Å². The van der Waals surface area contributed by atoms with E-state index in [0.717, 1.165) is 19.3 Å². The summed E-state index contributed by atoms with van der Waals surface area (Å²) < 4.78 is 0. The van der Waals surface area contributed by atoms with Gasteiger partial charge < -0.3 is 20.8 Å². The molecule has 4 atom stereocenters. The number of carboxylic acids is 1. The largest absolute Gasteiger partial charge is 0.480 e. The first-order valence-corrected chi connectivity index (χ1v) is 7.52. The molecule has 1 saturated heterocycles. The number of carbonyl (C=O) groups excluding carboxylic acids is 1. The SMILES string of the molecule is O=C(O)C(CCO)NC(=O)C1CCC2CCCCC2N1.